The molecule has 1 amide bonds. The van der Waals surface area contributed by atoms with E-state index in [4.69, 9.17) is 0 Å². The van der Waals surface area contributed by atoms with Crippen molar-refractivity contribution >= 4 is 17.7 Å². The Kier molecular flexibility index (Phi) is 8.27. The number of aromatic nitrogens is 1. The van der Waals surface area contributed by atoms with E-state index in [0.29, 0.717) is 18.7 Å². The second-order valence-electron chi connectivity index (χ2n) is 6.53. The Balaban J connectivity index is 1.94. The lowest BCUT2D eigenvalue weighted by Gasteiger charge is -2.13. The van der Waals surface area contributed by atoms with Crippen LogP contribution < -0.4 is 20.9 Å². The average molecular weight is 383 g/mol. The highest BCUT2D eigenvalue weighted by atomic mass is 16.1. The van der Waals surface area contributed by atoms with E-state index in [1.807, 2.05) is 68.4 Å². The zero-order chi connectivity index (χ0) is 20.4. The molecule has 1 aromatic carbocycles. The van der Waals surface area contributed by atoms with Gasteiger partial charge in [0.15, 0.2) is 5.96 Å². The number of nitrogens with zero attached hydrogens (tertiary/aromatic N) is 3. The van der Waals surface area contributed by atoms with Crippen LogP contribution in [0.2, 0.25) is 0 Å². The molecule has 0 bridgehead atoms. The van der Waals surface area contributed by atoms with Gasteiger partial charge >= 0.3 is 0 Å². The molecule has 0 radical (unpaired) electrons. The van der Waals surface area contributed by atoms with Crippen molar-refractivity contribution in [2.24, 2.45) is 4.99 Å². The minimum absolute atomic E-state index is 0.0721. The molecule has 0 spiro atoms. The Labute approximate surface area is 167 Å². The van der Waals surface area contributed by atoms with Gasteiger partial charge in [0.25, 0.3) is 5.91 Å². The molecular weight excluding hydrogens is 352 g/mol. The second kappa shape index (κ2) is 10.9. The summed E-state index contributed by atoms with van der Waals surface area (Å²) in [5.41, 5.74) is 2.69. The molecule has 1 aromatic heterocycles. The normalized spacial score (nSPS) is 11.1. The highest BCUT2D eigenvalue weighted by Gasteiger charge is 2.04. The number of anilines is 1. The van der Waals surface area contributed by atoms with Gasteiger partial charge < -0.3 is 20.9 Å². The van der Waals surface area contributed by atoms with Crippen LogP contribution in [0.15, 0.2) is 47.5 Å². The SMILES string of the molecule is CCNC(=NCc1cccc(N(C)C)n1)NCCc1cccc(C(=O)NC)c1. The minimum atomic E-state index is -0.0721. The molecule has 2 aromatic rings. The number of hydrogen-bond acceptors (Lipinski definition) is 4. The number of pyridine rings is 1. The first-order valence-electron chi connectivity index (χ1n) is 9.50. The van der Waals surface area contributed by atoms with Crippen LogP contribution in [-0.2, 0) is 13.0 Å². The zero-order valence-corrected chi connectivity index (χ0v) is 17.1. The van der Waals surface area contributed by atoms with E-state index in [0.717, 1.165) is 36.0 Å². The maximum atomic E-state index is 11.8. The number of hydrogen-bond donors (Lipinski definition) is 3. The molecule has 2 rings (SSSR count). The van der Waals surface area contributed by atoms with E-state index in [-0.39, 0.29) is 5.91 Å². The topological polar surface area (TPSA) is 81.7 Å². The summed E-state index contributed by atoms with van der Waals surface area (Å²) in [4.78, 5) is 22.9. The van der Waals surface area contributed by atoms with Gasteiger partial charge in [-0.25, -0.2) is 9.98 Å². The lowest BCUT2D eigenvalue weighted by Crippen LogP contribution is -2.38. The van der Waals surface area contributed by atoms with Gasteiger partial charge in [0.2, 0.25) is 0 Å². The number of carbonyl (C=O) groups excluding carboxylic acids is 1. The molecule has 0 fully saturated rings. The Morgan fingerprint density at radius 2 is 1.93 bits per heavy atom. The van der Waals surface area contributed by atoms with Gasteiger partial charge in [0, 0.05) is 39.8 Å². The van der Waals surface area contributed by atoms with E-state index in [1.54, 1.807) is 7.05 Å². The Hall–Kier alpha value is -3.09. The number of rotatable bonds is 8. The van der Waals surface area contributed by atoms with E-state index in [2.05, 4.69) is 25.9 Å². The third-order valence-electron chi connectivity index (χ3n) is 4.12. The molecule has 0 aliphatic carbocycles. The van der Waals surface area contributed by atoms with Crippen LogP contribution in [0, 0.1) is 0 Å². The van der Waals surface area contributed by atoms with E-state index in [9.17, 15) is 4.79 Å². The van der Waals surface area contributed by atoms with Gasteiger partial charge in [-0.05, 0) is 43.2 Å². The number of benzene rings is 1. The summed E-state index contributed by atoms with van der Waals surface area (Å²) >= 11 is 0. The number of amides is 1. The third kappa shape index (κ3) is 6.57. The maximum absolute atomic E-state index is 11.8. The number of aliphatic imine (C=N–C) groups is 1. The highest BCUT2D eigenvalue weighted by molar-refractivity contribution is 5.94. The van der Waals surface area contributed by atoms with Gasteiger partial charge in [-0.2, -0.15) is 0 Å². The smallest absolute Gasteiger partial charge is 0.251 e. The fourth-order valence-electron chi connectivity index (χ4n) is 2.64. The lowest BCUT2D eigenvalue weighted by atomic mass is 10.1. The van der Waals surface area contributed by atoms with Gasteiger partial charge in [0.1, 0.15) is 5.82 Å². The summed E-state index contributed by atoms with van der Waals surface area (Å²) in [5, 5.41) is 9.24. The molecule has 0 unspecified atom stereocenters. The zero-order valence-electron chi connectivity index (χ0n) is 17.1. The van der Waals surface area contributed by atoms with Crippen LogP contribution in [0.1, 0.15) is 28.5 Å². The molecule has 0 saturated carbocycles. The summed E-state index contributed by atoms with van der Waals surface area (Å²) in [6.07, 6.45) is 0.795. The van der Waals surface area contributed by atoms with Crippen LogP contribution in [0.3, 0.4) is 0 Å². The Morgan fingerprint density at radius 3 is 2.64 bits per heavy atom. The number of guanidine groups is 1. The van der Waals surface area contributed by atoms with Crippen LogP contribution in [0.4, 0.5) is 5.82 Å². The van der Waals surface area contributed by atoms with Crippen molar-refractivity contribution in [1.29, 1.82) is 0 Å². The van der Waals surface area contributed by atoms with Crippen molar-refractivity contribution in [3.8, 4) is 0 Å². The predicted octanol–water partition coefficient (Wildman–Crippen LogP) is 1.80. The fraction of sp³-hybridized carbons (Fsp3) is 0.381. The molecule has 0 saturated heterocycles. The molecule has 0 atom stereocenters. The highest BCUT2D eigenvalue weighted by Crippen LogP contribution is 2.08. The minimum Gasteiger partial charge on any atom is -0.363 e. The summed E-state index contributed by atoms with van der Waals surface area (Å²) in [6, 6.07) is 13.6. The summed E-state index contributed by atoms with van der Waals surface area (Å²) < 4.78 is 0. The van der Waals surface area contributed by atoms with Crippen LogP contribution >= 0.6 is 0 Å². The first kappa shape index (κ1) is 21.2. The first-order chi connectivity index (χ1) is 13.5. The van der Waals surface area contributed by atoms with Gasteiger partial charge in [-0.15, -0.1) is 0 Å². The van der Waals surface area contributed by atoms with Crippen LogP contribution in [0.5, 0.6) is 0 Å². The fourth-order valence-corrected chi connectivity index (χ4v) is 2.64. The summed E-state index contributed by atoms with van der Waals surface area (Å²) in [5.74, 6) is 1.60. The van der Waals surface area contributed by atoms with Crippen molar-refractivity contribution in [3.05, 3.63) is 59.3 Å². The van der Waals surface area contributed by atoms with Gasteiger partial charge in [-0.3, -0.25) is 4.79 Å². The molecular formula is C21H30N6O. The predicted molar refractivity (Wildman–Crippen MR) is 115 cm³/mol. The average Bonchev–Trinajstić information content (AvgIpc) is 2.71. The van der Waals surface area contributed by atoms with E-state index in [1.165, 1.54) is 0 Å². The van der Waals surface area contributed by atoms with Crippen LogP contribution in [0.25, 0.3) is 0 Å². The maximum Gasteiger partial charge on any atom is 0.251 e. The molecule has 7 nitrogen and oxygen atoms in total. The van der Waals surface area contributed by atoms with Gasteiger partial charge in [0.05, 0.1) is 12.2 Å². The Bertz CT molecular complexity index is 803. The standard InChI is InChI=1S/C21H30N6O/c1-5-23-21(25-15-18-10-7-11-19(26-18)27(3)4)24-13-12-16-8-6-9-17(14-16)20(28)22-2/h6-11,14H,5,12-13,15H2,1-4H3,(H,22,28)(H2,23,24,25). The largest absolute Gasteiger partial charge is 0.363 e. The lowest BCUT2D eigenvalue weighted by molar-refractivity contribution is 0.0963. The van der Waals surface area contributed by atoms with Crippen molar-refractivity contribution < 1.29 is 4.79 Å². The third-order valence-corrected chi connectivity index (χ3v) is 4.12. The molecule has 150 valence electrons. The van der Waals surface area contributed by atoms with Crippen molar-refractivity contribution in [1.82, 2.24) is 20.9 Å². The molecule has 0 aliphatic rings. The number of carbonyl (C=O) groups is 1. The summed E-state index contributed by atoms with van der Waals surface area (Å²) in [6.45, 7) is 4.04. The second-order valence-corrected chi connectivity index (χ2v) is 6.53. The van der Waals surface area contributed by atoms with E-state index < -0.39 is 0 Å². The van der Waals surface area contributed by atoms with Crippen molar-refractivity contribution in [2.45, 2.75) is 19.9 Å². The van der Waals surface area contributed by atoms with Crippen molar-refractivity contribution in [3.63, 3.8) is 0 Å². The molecule has 1 heterocycles. The van der Waals surface area contributed by atoms with Crippen molar-refractivity contribution in [2.75, 3.05) is 39.1 Å². The summed E-state index contributed by atoms with van der Waals surface area (Å²) in [7, 11) is 5.58. The van der Waals surface area contributed by atoms with Crippen LogP contribution in [-0.4, -0.2) is 51.1 Å². The quantitative estimate of drug-likeness (QED) is 0.479. The molecule has 3 N–H and O–H groups in total. The monoisotopic (exact) mass is 382 g/mol. The number of nitrogens with one attached hydrogen (secondary N) is 3. The molecule has 0 aliphatic heterocycles. The molecule has 7 heteroatoms. The first-order valence-corrected chi connectivity index (χ1v) is 9.50. The van der Waals surface area contributed by atoms with E-state index >= 15 is 0 Å². The van der Waals surface area contributed by atoms with Gasteiger partial charge in [-0.1, -0.05) is 18.2 Å². The Morgan fingerprint density at radius 1 is 1.14 bits per heavy atom. The molecule has 28 heavy (non-hydrogen) atoms.